The van der Waals surface area contributed by atoms with Crippen molar-refractivity contribution in [3.8, 4) is 17.2 Å². The Balaban J connectivity index is 1.70. The van der Waals surface area contributed by atoms with Crippen LogP contribution in [0.5, 0.6) is 17.2 Å². The van der Waals surface area contributed by atoms with Crippen LogP contribution in [0.25, 0.3) is 21.0 Å². The van der Waals surface area contributed by atoms with Gasteiger partial charge in [-0.25, -0.2) is 0 Å². The predicted octanol–water partition coefficient (Wildman–Crippen LogP) is 5.36. The van der Waals surface area contributed by atoms with E-state index < -0.39 is 0 Å². The van der Waals surface area contributed by atoms with E-state index in [4.69, 9.17) is 14.2 Å². The molecule has 0 N–H and O–H groups in total. The van der Waals surface area contributed by atoms with E-state index >= 15 is 0 Å². The first-order valence-corrected chi connectivity index (χ1v) is 12.8. The molecule has 2 heterocycles. The third-order valence-corrected chi connectivity index (χ3v) is 7.62. The van der Waals surface area contributed by atoms with Crippen LogP contribution in [-0.2, 0) is 13.0 Å². The van der Waals surface area contributed by atoms with Crippen molar-refractivity contribution >= 4 is 38.2 Å². The highest BCUT2D eigenvalue weighted by Crippen LogP contribution is 2.40. The van der Waals surface area contributed by atoms with Crippen molar-refractivity contribution in [1.29, 1.82) is 0 Å². The number of carbonyl (C=O) groups excluding carboxylic acids is 1. The molecule has 0 radical (unpaired) electrons. The monoisotopic (exact) mass is 508 g/mol. The van der Waals surface area contributed by atoms with E-state index in [1.807, 2.05) is 47.0 Å². The lowest BCUT2D eigenvalue weighted by atomic mass is 10.1. The second-order valence-corrected chi connectivity index (χ2v) is 9.68. The van der Waals surface area contributed by atoms with Crippen molar-refractivity contribution < 1.29 is 19.0 Å². The molecule has 0 aliphatic rings. The number of nitrogens with zero attached hydrogens (tertiary/aromatic N) is 2. The van der Waals surface area contributed by atoms with Crippen molar-refractivity contribution in [2.24, 2.45) is 0 Å². The summed E-state index contributed by atoms with van der Waals surface area (Å²) in [5.74, 6) is 1.51. The third-order valence-electron chi connectivity index (χ3n) is 6.43. The normalized spacial score (nSPS) is 11.1. The Labute approximate surface area is 214 Å². The fraction of sp³-hybridized carbons (Fsp3) is 0.357. The van der Waals surface area contributed by atoms with E-state index in [0.29, 0.717) is 47.0 Å². The first kappa shape index (κ1) is 25.6. The Morgan fingerprint density at radius 1 is 1.03 bits per heavy atom. The first-order valence-electron chi connectivity index (χ1n) is 12.0. The Morgan fingerprint density at radius 3 is 2.47 bits per heavy atom. The van der Waals surface area contributed by atoms with E-state index in [1.165, 1.54) is 18.4 Å². The lowest BCUT2D eigenvalue weighted by molar-refractivity contribution is 0.0798. The van der Waals surface area contributed by atoms with Crippen LogP contribution in [0, 0.1) is 0 Å². The quantitative estimate of drug-likeness (QED) is 0.289. The average Bonchev–Trinajstić information content (AvgIpc) is 3.31. The van der Waals surface area contributed by atoms with Gasteiger partial charge in [0.1, 0.15) is 10.3 Å². The van der Waals surface area contributed by atoms with Gasteiger partial charge in [0, 0.05) is 25.5 Å². The van der Waals surface area contributed by atoms with Crippen LogP contribution in [0.15, 0.2) is 47.3 Å². The van der Waals surface area contributed by atoms with Gasteiger partial charge in [0.25, 0.3) is 11.5 Å². The number of pyridine rings is 1. The molecule has 0 bridgehead atoms. The summed E-state index contributed by atoms with van der Waals surface area (Å²) < 4.78 is 19.0. The van der Waals surface area contributed by atoms with Gasteiger partial charge in [-0.1, -0.05) is 37.6 Å². The number of amides is 1. The number of carbonyl (C=O) groups is 1. The Bertz CT molecular complexity index is 1460. The summed E-state index contributed by atoms with van der Waals surface area (Å²) in [7, 11) is 6.49. The van der Waals surface area contributed by atoms with Crippen molar-refractivity contribution in [2.45, 2.75) is 32.7 Å². The van der Waals surface area contributed by atoms with Gasteiger partial charge in [0.15, 0.2) is 17.2 Å². The molecule has 0 unspecified atom stereocenters. The highest BCUT2D eigenvalue weighted by Gasteiger charge is 2.26. The zero-order valence-corrected chi connectivity index (χ0v) is 22.2. The van der Waals surface area contributed by atoms with E-state index in [0.717, 1.165) is 34.0 Å². The number of unbranched alkanes of at least 4 members (excludes halogenated alkanes) is 1. The van der Waals surface area contributed by atoms with Crippen LogP contribution >= 0.6 is 11.3 Å². The van der Waals surface area contributed by atoms with Crippen molar-refractivity contribution in [3.63, 3.8) is 0 Å². The summed E-state index contributed by atoms with van der Waals surface area (Å²) in [5.41, 5.74) is 1.80. The van der Waals surface area contributed by atoms with Gasteiger partial charge < -0.3 is 23.7 Å². The van der Waals surface area contributed by atoms with E-state index in [2.05, 4.69) is 6.92 Å². The van der Waals surface area contributed by atoms with E-state index in [1.54, 1.807) is 26.2 Å². The number of aryl methyl sites for hydroxylation is 1. The first-order chi connectivity index (χ1) is 17.4. The molecule has 2 aromatic carbocycles. The number of likely N-dealkylation sites (N-methyl/N-ethyl adjacent to an activating group) is 1. The molecule has 0 aliphatic heterocycles. The molecule has 0 saturated heterocycles. The van der Waals surface area contributed by atoms with Gasteiger partial charge in [-0.3, -0.25) is 9.59 Å². The zero-order valence-electron chi connectivity index (χ0n) is 21.4. The molecule has 0 atom stereocenters. The molecule has 8 heteroatoms. The topological polar surface area (TPSA) is 70.0 Å². The average molecular weight is 509 g/mol. The minimum Gasteiger partial charge on any atom is -0.494 e. The number of rotatable bonds is 10. The molecule has 190 valence electrons. The molecule has 7 nitrogen and oxygen atoms in total. The SMILES string of the molecule is CCCCn1c(=O)c2c(OC)c(C(=O)N(C)CCc3ccc(OC)c(OC)c3)sc2c2ccccc21. The summed E-state index contributed by atoms with van der Waals surface area (Å²) in [6.45, 7) is 3.22. The number of fused-ring (bicyclic) bond motifs is 3. The zero-order chi connectivity index (χ0) is 25.8. The summed E-state index contributed by atoms with van der Waals surface area (Å²) in [6.07, 6.45) is 2.52. The summed E-state index contributed by atoms with van der Waals surface area (Å²) >= 11 is 1.33. The Kier molecular flexibility index (Phi) is 7.84. The van der Waals surface area contributed by atoms with Gasteiger partial charge in [-0.15, -0.1) is 11.3 Å². The van der Waals surface area contributed by atoms with E-state index in [-0.39, 0.29) is 11.5 Å². The molecule has 0 aliphatic carbocycles. The fourth-order valence-electron chi connectivity index (χ4n) is 4.43. The molecular formula is C28H32N2O5S. The molecule has 0 spiro atoms. The van der Waals surface area contributed by atoms with E-state index in [9.17, 15) is 9.59 Å². The van der Waals surface area contributed by atoms with Gasteiger partial charge in [0.2, 0.25) is 0 Å². The molecule has 2 aromatic heterocycles. The van der Waals surface area contributed by atoms with Crippen LogP contribution in [0.3, 0.4) is 0 Å². The van der Waals surface area contributed by atoms with Crippen molar-refractivity contribution in [2.75, 3.05) is 34.9 Å². The number of hydrogen-bond acceptors (Lipinski definition) is 6. The number of thiophene rings is 1. The minimum absolute atomic E-state index is 0.114. The number of benzene rings is 2. The maximum Gasteiger partial charge on any atom is 0.267 e. The molecule has 1 amide bonds. The fourth-order valence-corrected chi connectivity index (χ4v) is 5.72. The highest BCUT2D eigenvalue weighted by atomic mass is 32.1. The number of methoxy groups -OCH3 is 3. The summed E-state index contributed by atoms with van der Waals surface area (Å²) in [5, 5.41) is 1.44. The van der Waals surface area contributed by atoms with Gasteiger partial charge >= 0.3 is 0 Å². The highest BCUT2D eigenvalue weighted by molar-refractivity contribution is 7.22. The van der Waals surface area contributed by atoms with Gasteiger partial charge in [-0.05, 0) is 36.6 Å². The van der Waals surface area contributed by atoms with Gasteiger partial charge in [0.05, 0.1) is 31.5 Å². The van der Waals surface area contributed by atoms with Crippen LogP contribution in [-0.4, -0.2) is 50.3 Å². The largest absolute Gasteiger partial charge is 0.494 e. The summed E-state index contributed by atoms with van der Waals surface area (Å²) in [6, 6.07) is 13.6. The number of ether oxygens (including phenoxy) is 3. The molecule has 36 heavy (non-hydrogen) atoms. The maximum atomic E-state index is 13.6. The lowest BCUT2D eigenvalue weighted by Crippen LogP contribution is -2.28. The molecular weight excluding hydrogens is 476 g/mol. The Hall–Kier alpha value is -3.52. The number of para-hydroxylation sites is 1. The summed E-state index contributed by atoms with van der Waals surface area (Å²) in [4.78, 5) is 29.3. The van der Waals surface area contributed by atoms with Crippen molar-refractivity contribution in [3.05, 3.63) is 63.3 Å². The van der Waals surface area contributed by atoms with Crippen LogP contribution < -0.4 is 19.8 Å². The molecule has 4 rings (SSSR count). The minimum atomic E-state index is -0.169. The standard InChI is InChI=1S/C28H32N2O5S/c1-6-7-15-30-20-11-9-8-10-19(20)25-23(27(30)31)24(35-5)26(36-25)28(32)29(2)16-14-18-12-13-21(33-3)22(17-18)34-4/h8-13,17H,6-7,14-16H2,1-5H3. The number of hydrogen-bond donors (Lipinski definition) is 0. The smallest absolute Gasteiger partial charge is 0.267 e. The second kappa shape index (κ2) is 11.0. The molecule has 0 fully saturated rings. The second-order valence-electron chi connectivity index (χ2n) is 8.66. The Morgan fingerprint density at radius 2 is 1.78 bits per heavy atom. The van der Waals surface area contributed by atoms with Crippen LogP contribution in [0.1, 0.15) is 35.0 Å². The maximum absolute atomic E-state index is 13.6. The molecule has 4 aromatic rings. The van der Waals surface area contributed by atoms with Crippen LogP contribution in [0.2, 0.25) is 0 Å². The van der Waals surface area contributed by atoms with Crippen LogP contribution in [0.4, 0.5) is 0 Å². The lowest BCUT2D eigenvalue weighted by Gasteiger charge is -2.17. The molecule has 0 saturated carbocycles. The number of aromatic nitrogens is 1. The third kappa shape index (κ3) is 4.65. The predicted molar refractivity (Wildman–Crippen MR) is 145 cm³/mol. The van der Waals surface area contributed by atoms with Gasteiger partial charge in [-0.2, -0.15) is 0 Å². The van der Waals surface area contributed by atoms with Crippen molar-refractivity contribution in [1.82, 2.24) is 9.47 Å².